The van der Waals surface area contributed by atoms with Crippen LogP contribution in [0, 0.1) is 5.92 Å². The van der Waals surface area contributed by atoms with Gasteiger partial charge in [-0.25, -0.2) is 0 Å². The minimum atomic E-state index is -4.37. The number of carbonyl (C=O) groups excluding carboxylic acids is 1. The Balaban J connectivity index is 2.59. The molecular weight excluding hydrogens is 279 g/mol. The quantitative estimate of drug-likeness (QED) is 0.780. The van der Waals surface area contributed by atoms with Gasteiger partial charge in [0.25, 0.3) is 5.91 Å². The number of hydrogen-bond donors (Lipinski definition) is 1. The van der Waals surface area contributed by atoms with Gasteiger partial charge in [-0.15, -0.1) is 0 Å². The highest BCUT2D eigenvalue weighted by Crippen LogP contribution is 2.29. The van der Waals surface area contributed by atoms with Gasteiger partial charge in [-0.2, -0.15) is 13.2 Å². The zero-order valence-corrected chi connectivity index (χ0v) is 12.5. The summed E-state index contributed by atoms with van der Waals surface area (Å²) >= 11 is 0. The first-order valence-corrected chi connectivity index (χ1v) is 7.33. The Bertz CT molecular complexity index is 434. The molecular formula is C16H22F3NO. The molecule has 1 amide bonds. The maximum Gasteiger partial charge on any atom is 0.416 e. The van der Waals surface area contributed by atoms with Crippen LogP contribution >= 0.6 is 0 Å². The Kier molecular flexibility index (Phi) is 6.72. The first kappa shape index (κ1) is 17.5. The standard InChI is InChI=1S/C16H22F3NO/c1-3-5-12(6-4-2)11-20-15(21)13-7-9-14(10-8-13)16(17,18)19/h7-10,12H,3-6,11H2,1-2H3,(H,20,21). The summed E-state index contributed by atoms with van der Waals surface area (Å²) in [6, 6.07) is 4.30. The number of rotatable bonds is 7. The lowest BCUT2D eigenvalue weighted by atomic mass is 9.98. The Morgan fingerprint density at radius 1 is 1.10 bits per heavy atom. The van der Waals surface area contributed by atoms with Gasteiger partial charge in [-0.3, -0.25) is 4.79 Å². The van der Waals surface area contributed by atoms with Crippen LogP contribution in [-0.4, -0.2) is 12.5 Å². The van der Waals surface area contributed by atoms with Crippen LogP contribution in [0.25, 0.3) is 0 Å². The van der Waals surface area contributed by atoms with Gasteiger partial charge in [0.1, 0.15) is 0 Å². The number of nitrogens with one attached hydrogen (secondary N) is 1. The fraction of sp³-hybridized carbons (Fsp3) is 0.562. The molecule has 0 atom stereocenters. The molecule has 2 nitrogen and oxygen atoms in total. The van der Waals surface area contributed by atoms with Gasteiger partial charge in [0, 0.05) is 12.1 Å². The third kappa shape index (κ3) is 5.78. The summed E-state index contributed by atoms with van der Waals surface area (Å²) in [6.45, 7) is 4.77. The molecule has 0 aliphatic carbocycles. The topological polar surface area (TPSA) is 29.1 Å². The van der Waals surface area contributed by atoms with Gasteiger partial charge >= 0.3 is 6.18 Å². The van der Waals surface area contributed by atoms with Crippen LogP contribution in [0.4, 0.5) is 13.2 Å². The van der Waals surface area contributed by atoms with Crippen LogP contribution in [0.2, 0.25) is 0 Å². The smallest absolute Gasteiger partial charge is 0.352 e. The summed E-state index contributed by atoms with van der Waals surface area (Å²) in [5.74, 6) is 0.110. The molecule has 1 aromatic rings. The normalized spacial score (nSPS) is 11.7. The summed E-state index contributed by atoms with van der Waals surface area (Å²) in [6.07, 6.45) is -0.174. The maximum absolute atomic E-state index is 12.4. The first-order valence-electron chi connectivity index (χ1n) is 7.33. The Hall–Kier alpha value is -1.52. The highest BCUT2D eigenvalue weighted by Gasteiger charge is 2.30. The molecule has 0 saturated carbocycles. The zero-order chi connectivity index (χ0) is 15.9. The van der Waals surface area contributed by atoms with Crippen molar-refractivity contribution in [3.05, 3.63) is 35.4 Å². The molecule has 1 aromatic carbocycles. The molecule has 0 unspecified atom stereocenters. The third-order valence-electron chi connectivity index (χ3n) is 3.42. The predicted molar refractivity (Wildman–Crippen MR) is 77.1 cm³/mol. The molecule has 0 aromatic heterocycles. The molecule has 21 heavy (non-hydrogen) atoms. The van der Waals surface area contributed by atoms with Gasteiger partial charge in [-0.05, 0) is 43.0 Å². The van der Waals surface area contributed by atoms with Crippen LogP contribution in [0.1, 0.15) is 55.5 Å². The van der Waals surface area contributed by atoms with Crippen molar-refractivity contribution in [3.63, 3.8) is 0 Å². The van der Waals surface area contributed by atoms with E-state index in [-0.39, 0.29) is 11.5 Å². The van der Waals surface area contributed by atoms with E-state index >= 15 is 0 Å². The largest absolute Gasteiger partial charge is 0.416 e. The molecule has 0 radical (unpaired) electrons. The van der Waals surface area contributed by atoms with Gasteiger partial charge in [-0.1, -0.05) is 26.7 Å². The van der Waals surface area contributed by atoms with E-state index in [9.17, 15) is 18.0 Å². The van der Waals surface area contributed by atoms with E-state index in [1.165, 1.54) is 12.1 Å². The number of halogens is 3. The van der Waals surface area contributed by atoms with Crippen molar-refractivity contribution in [1.82, 2.24) is 5.32 Å². The van der Waals surface area contributed by atoms with Crippen LogP contribution in [0.15, 0.2) is 24.3 Å². The summed E-state index contributed by atoms with van der Waals surface area (Å²) in [4.78, 5) is 11.9. The summed E-state index contributed by atoms with van der Waals surface area (Å²) < 4.78 is 37.3. The van der Waals surface area contributed by atoms with Gasteiger partial charge in [0.15, 0.2) is 0 Å². The zero-order valence-electron chi connectivity index (χ0n) is 12.5. The van der Waals surface area contributed by atoms with Crippen molar-refractivity contribution in [2.45, 2.75) is 45.7 Å². The molecule has 0 aliphatic rings. The number of hydrogen-bond acceptors (Lipinski definition) is 1. The highest BCUT2D eigenvalue weighted by atomic mass is 19.4. The van der Waals surface area contributed by atoms with Crippen molar-refractivity contribution in [1.29, 1.82) is 0 Å². The second-order valence-electron chi connectivity index (χ2n) is 5.23. The van der Waals surface area contributed by atoms with Crippen LogP contribution in [0.5, 0.6) is 0 Å². The molecule has 0 aliphatic heterocycles. The molecule has 5 heteroatoms. The van der Waals surface area contributed by atoms with Crippen LogP contribution < -0.4 is 5.32 Å². The predicted octanol–water partition coefficient (Wildman–Crippen LogP) is 4.65. The fourth-order valence-electron chi connectivity index (χ4n) is 2.31. The van der Waals surface area contributed by atoms with E-state index in [4.69, 9.17) is 0 Å². The number of alkyl halides is 3. The van der Waals surface area contributed by atoms with Crippen molar-refractivity contribution in [2.75, 3.05) is 6.54 Å². The van der Waals surface area contributed by atoms with Crippen molar-refractivity contribution in [3.8, 4) is 0 Å². The molecule has 0 saturated heterocycles. The lowest BCUT2D eigenvalue weighted by molar-refractivity contribution is -0.137. The summed E-state index contributed by atoms with van der Waals surface area (Å²) in [5.41, 5.74) is -0.483. The Morgan fingerprint density at radius 2 is 1.62 bits per heavy atom. The van der Waals surface area contributed by atoms with E-state index < -0.39 is 11.7 Å². The average molecular weight is 301 g/mol. The second-order valence-corrected chi connectivity index (χ2v) is 5.23. The molecule has 0 fully saturated rings. The van der Waals surface area contributed by atoms with E-state index in [0.29, 0.717) is 12.5 Å². The minimum absolute atomic E-state index is 0.259. The lowest BCUT2D eigenvalue weighted by Crippen LogP contribution is -2.29. The molecule has 1 rings (SSSR count). The SMILES string of the molecule is CCCC(CCC)CNC(=O)c1ccc(C(F)(F)F)cc1. The fourth-order valence-corrected chi connectivity index (χ4v) is 2.31. The summed E-state index contributed by atoms with van der Waals surface area (Å²) in [5, 5.41) is 2.81. The van der Waals surface area contributed by atoms with Crippen LogP contribution in [0.3, 0.4) is 0 Å². The Labute approximate surface area is 123 Å². The van der Waals surface area contributed by atoms with Gasteiger partial charge in [0.2, 0.25) is 0 Å². The van der Waals surface area contributed by atoms with E-state index in [0.717, 1.165) is 37.8 Å². The number of carbonyl (C=O) groups is 1. The third-order valence-corrected chi connectivity index (χ3v) is 3.42. The van der Waals surface area contributed by atoms with Gasteiger partial charge < -0.3 is 5.32 Å². The van der Waals surface area contributed by atoms with E-state index in [1.807, 2.05) is 0 Å². The average Bonchev–Trinajstić information content (AvgIpc) is 2.44. The minimum Gasteiger partial charge on any atom is -0.352 e. The Morgan fingerprint density at radius 3 is 2.05 bits per heavy atom. The molecule has 0 heterocycles. The molecule has 118 valence electrons. The van der Waals surface area contributed by atoms with Crippen molar-refractivity contribution in [2.24, 2.45) is 5.92 Å². The monoisotopic (exact) mass is 301 g/mol. The number of benzene rings is 1. The lowest BCUT2D eigenvalue weighted by Gasteiger charge is -2.16. The molecule has 1 N–H and O–H groups in total. The number of amides is 1. The van der Waals surface area contributed by atoms with Gasteiger partial charge in [0.05, 0.1) is 5.56 Å². The van der Waals surface area contributed by atoms with Crippen LogP contribution in [-0.2, 0) is 6.18 Å². The first-order chi connectivity index (χ1) is 9.88. The maximum atomic E-state index is 12.4. The molecule has 0 spiro atoms. The van der Waals surface area contributed by atoms with E-state index in [1.54, 1.807) is 0 Å². The van der Waals surface area contributed by atoms with Crippen molar-refractivity contribution >= 4 is 5.91 Å². The molecule has 0 bridgehead atoms. The van der Waals surface area contributed by atoms with E-state index in [2.05, 4.69) is 19.2 Å². The second kappa shape index (κ2) is 8.05. The summed E-state index contributed by atoms with van der Waals surface area (Å²) in [7, 11) is 0. The van der Waals surface area contributed by atoms with Crippen molar-refractivity contribution < 1.29 is 18.0 Å². The highest BCUT2D eigenvalue weighted by molar-refractivity contribution is 5.94.